The van der Waals surface area contributed by atoms with E-state index < -0.39 is 5.60 Å². The predicted octanol–water partition coefficient (Wildman–Crippen LogP) is 1.85. The van der Waals surface area contributed by atoms with Crippen molar-refractivity contribution >= 4 is 5.97 Å². The number of hydrogen-bond acceptors (Lipinski definition) is 5. The van der Waals surface area contributed by atoms with Crippen LogP contribution in [-0.2, 0) is 22.6 Å². The van der Waals surface area contributed by atoms with Gasteiger partial charge in [-0.15, -0.1) is 0 Å². The average molecular weight is 323 g/mol. The van der Waals surface area contributed by atoms with Gasteiger partial charge in [0.05, 0.1) is 31.4 Å². The molecule has 0 bridgehead atoms. The Hall–Kier alpha value is -1.40. The van der Waals surface area contributed by atoms with Gasteiger partial charge in [0.1, 0.15) is 0 Å². The van der Waals surface area contributed by atoms with E-state index in [0.717, 1.165) is 42.6 Å². The molecule has 1 aliphatic rings. The minimum atomic E-state index is -0.555. The lowest BCUT2D eigenvalue weighted by atomic mass is 9.85. The third-order valence-electron chi connectivity index (χ3n) is 4.83. The summed E-state index contributed by atoms with van der Waals surface area (Å²) in [6.07, 6.45) is 5.55. The topological polar surface area (TPSA) is 76.4 Å². The highest BCUT2D eigenvalue weighted by atomic mass is 16.5. The molecule has 23 heavy (non-hydrogen) atoms. The molecule has 1 aromatic rings. The van der Waals surface area contributed by atoms with Crippen LogP contribution in [0.15, 0.2) is 0 Å². The Kier molecular flexibility index (Phi) is 6.18. The van der Waals surface area contributed by atoms with E-state index in [1.807, 2.05) is 18.5 Å². The summed E-state index contributed by atoms with van der Waals surface area (Å²) in [4.78, 5) is 11.3. The third kappa shape index (κ3) is 4.78. The molecule has 0 unspecified atom stereocenters. The first-order chi connectivity index (χ1) is 10.9. The maximum absolute atomic E-state index is 11.3. The van der Waals surface area contributed by atoms with Gasteiger partial charge in [0.25, 0.3) is 0 Å². The van der Waals surface area contributed by atoms with Crippen LogP contribution in [0.25, 0.3) is 0 Å². The van der Waals surface area contributed by atoms with Crippen LogP contribution in [0.4, 0.5) is 0 Å². The largest absolute Gasteiger partial charge is 0.469 e. The number of carbonyl (C=O) groups is 1. The molecule has 6 heteroatoms. The van der Waals surface area contributed by atoms with E-state index in [0.29, 0.717) is 26.1 Å². The van der Waals surface area contributed by atoms with Crippen molar-refractivity contribution in [1.82, 2.24) is 15.1 Å². The van der Waals surface area contributed by atoms with Gasteiger partial charge in [-0.1, -0.05) is 19.3 Å². The van der Waals surface area contributed by atoms with Crippen molar-refractivity contribution in [2.45, 2.75) is 71.1 Å². The van der Waals surface area contributed by atoms with Gasteiger partial charge in [0.15, 0.2) is 0 Å². The monoisotopic (exact) mass is 323 g/mol. The summed E-state index contributed by atoms with van der Waals surface area (Å²) in [5, 5.41) is 18.4. The van der Waals surface area contributed by atoms with Crippen LogP contribution in [-0.4, -0.2) is 40.1 Å². The van der Waals surface area contributed by atoms with E-state index in [4.69, 9.17) is 0 Å². The Balaban J connectivity index is 1.89. The highest BCUT2D eigenvalue weighted by Gasteiger charge is 2.28. The zero-order valence-electron chi connectivity index (χ0n) is 14.5. The van der Waals surface area contributed by atoms with Crippen LogP contribution in [0.1, 0.15) is 55.5 Å². The number of aromatic nitrogens is 2. The Labute approximate surface area is 138 Å². The van der Waals surface area contributed by atoms with E-state index in [2.05, 4.69) is 15.2 Å². The van der Waals surface area contributed by atoms with Crippen LogP contribution >= 0.6 is 0 Å². The van der Waals surface area contributed by atoms with Crippen LogP contribution in [0, 0.1) is 13.8 Å². The maximum Gasteiger partial charge on any atom is 0.307 e. The molecule has 1 saturated carbocycles. The highest BCUT2D eigenvalue weighted by Crippen LogP contribution is 2.27. The van der Waals surface area contributed by atoms with E-state index in [1.165, 1.54) is 13.5 Å². The fraction of sp³-hybridized carbons (Fsp3) is 0.765. The number of rotatable bonds is 7. The smallest absolute Gasteiger partial charge is 0.307 e. The molecule has 0 saturated heterocycles. The molecule has 1 fully saturated rings. The van der Waals surface area contributed by atoms with Crippen molar-refractivity contribution in [3.8, 4) is 0 Å². The second kappa shape index (κ2) is 7.93. The first-order valence-electron chi connectivity index (χ1n) is 8.48. The van der Waals surface area contributed by atoms with Gasteiger partial charge in [-0.3, -0.25) is 9.48 Å². The summed E-state index contributed by atoms with van der Waals surface area (Å²) in [6, 6.07) is 0. The second-order valence-corrected chi connectivity index (χ2v) is 6.59. The lowest BCUT2D eigenvalue weighted by Gasteiger charge is -2.32. The van der Waals surface area contributed by atoms with Crippen LogP contribution in [0.2, 0.25) is 0 Å². The number of methoxy groups -OCH3 is 1. The standard InChI is InChI=1S/C17H29N3O3/c1-13-15(11-18-12-17(22)8-5-4-6-9-17)14(2)20(19-13)10-7-16(21)23-3/h18,22H,4-12H2,1-3H3. The molecule has 2 N–H and O–H groups in total. The zero-order chi connectivity index (χ0) is 16.9. The molecule has 0 amide bonds. The quantitative estimate of drug-likeness (QED) is 0.749. The molecule has 1 aliphatic carbocycles. The van der Waals surface area contributed by atoms with Crippen LogP contribution in [0.3, 0.4) is 0 Å². The summed E-state index contributed by atoms with van der Waals surface area (Å²) in [5.74, 6) is -0.225. The van der Waals surface area contributed by atoms with E-state index >= 15 is 0 Å². The van der Waals surface area contributed by atoms with Crippen molar-refractivity contribution in [2.24, 2.45) is 0 Å². The number of nitrogens with zero attached hydrogens (tertiary/aromatic N) is 2. The Morgan fingerprint density at radius 1 is 1.35 bits per heavy atom. The summed E-state index contributed by atoms with van der Waals surface area (Å²) in [7, 11) is 1.40. The minimum Gasteiger partial charge on any atom is -0.469 e. The maximum atomic E-state index is 11.3. The number of carbonyl (C=O) groups excluding carboxylic acids is 1. The molecule has 6 nitrogen and oxygen atoms in total. The van der Waals surface area contributed by atoms with Gasteiger partial charge in [-0.05, 0) is 26.7 Å². The molecule has 130 valence electrons. The van der Waals surface area contributed by atoms with E-state index in [-0.39, 0.29) is 5.97 Å². The van der Waals surface area contributed by atoms with Gasteiger partial charge in [0.2, 0.25) is 0 Å². The predicted molar refractivity (Wildman–Crippen MR) is 88.1 cm³/mol. The van der Waals surface area contributed by atoms with E-state index in [9.17, 15) is 9.90 Å². The van der Waals surface area contributed by atoms with Gasteiger partial charge in [0, 0.05) is 24.3 Å². The third-order valence-corrected chi connectivity index (χ3v) is 4.83. The first kappa shape index (κ1) is 17.9. The highest BCUT2D eigenvalue weighted by molar-refractivity contribution is 5.68. The molecular formula is C17H29N3O3. The summed E-state index contributed by atoms with van der Waals surface area (Å²) < 4.78 is 6.53. The van der Waals surface area contributed by atoms with Gasteiger partial charge >= 0.3 is 5.97 Å². The SMILES string of the molecule is COC(=O)CCn1nc(C)c(CNCC2(O)CCCCC2)c1C. The van der Waals surface area contributed by atoms with Crippen molar-refractivity contribution < 1.29 is 14.6 Å². The normalized spacial score (nSPS) is 17.2. The van der Waals surface area contributed by atoms with Crippen molar-refractivity contribution in [2.75, 3.05) is 13.7 Å². The number of aryl methyl sites for hydroxylation is 2. The molecule has 1 aromatic heterocycles. The molecule has 1 heterocycles. The zero-order valence-corrected chi connectivity index (χ0v) is 14.5. The number of hydrogen-bond donors (Lipinski definition) is 2. The van der Waals surface area contributed by atoms with Crippen LogP contribution in [0.5, 0.6) is 0 Å². The van der Waals surface area contributed by atoms with Crippen molar-refractivity contribution in [1.29, 1.82) is 0 Å². The second-order valence-electron chi connectivity index (χ2n) is 6.59. The molecule has 0 radical (unpaired) electrons. The van der Waals surface area contributed by atoms with Gasteiger partial charge in [-0.2, -0.15) is 5.10 Å². The average Bonchev–Trinajstić information content (AvgIpc) is 2.80. The summed E-state index contributed by atoms with van der Waals surface area (Å²) >= 11 is 0. The molecule has 0 aliphatic heterocycles. The lowest BCUT2D eigenvalue weighted by molar-refractivity contribution is -0.140. The van der Waals surface area contributed by atoms with Crippen molar-refractivity contribution in [3.05, 3.63) is 17.0 Å². The minimum absolute atomic E-state index is 0.225. The summed E-state index contributed by atoms with van der Waals surface area (Å²) in [5.41, 5.74) is 2.63. The molecule has 0 aromatic carbocycles. The van der Waals surface area contributed by atoms with Gasteiger partial charge < -0.3 is 15.2 Å². The molecule has 2 rings (SSSR count). The number of esters is 1. The Morgan fingerprint density at radius 2 is 2.04 bits per heavy atom. The number of aliphatic hydroxyl groups is 1. The summed E-state index contributed by atoms with van der Waals surface area (Å²) in [6.45, 7) is 5.85. The van der Waals surface area contributed by atoms with Crippen molar-refractivity contribution in [3.63, 3.8) is 0 Å². The van der Waals surface area contributed by atoms with E-state index in [1.54, 1.807) is 0 Å². The molecule has 0 spiro atoms. The lowest BCUT2D eigenvalue weighted by Crippen LogP contribution is -2.42. The Bertz CT molecular complexity index is 533. The fourth-order valence-electron chi connectivity index (χ4n) is 3.31. The number of ether oxygens (including phenoxy) is 1. The Morgan fingerprint density at radius 3 is 2.70 bits per heavy atom. The fourth-order valence-corrected chi connectivity index (χ4v) is 3.31. The van der Waals surface area contributed by atoms with Gasteiger partial charge in [-0.25, -0.2) is 0 Å². The molecule has 0 atom stereocenters. The molecular weight excluding hydrogens is 294 g/mol. The van der Waals surface area contributed by atoms with Crippen LogP contribution < -0.4 is 5.32 Å². The number of nitrogens with one attached hydrogen (secondary N) is 1. The first-order valence-corrected chi connectivity index (χ1v) is 8.48.